The molecule has 0 bridgehead atoms. The molecular weight excluding hydrogens is 326 g/mol. The number of thiophene rings is 1. The van der Waals surface area contributed by atoms with Crippen LogP contribution in [0.5, 0.6) is 0 Å². The Morgan fingerprint density at radius 3 is 2.47 bits per heavy atom. The van der Waals surface area contributed by atoms with E-state index in [1.54, 1.807) is 26.0 Å². The van der Waals surface area contributed by atoms with Crippen LogP contribution in [0.1, 0.15) is 20.3 Å². The second kappa shape index (κ2) is 4.15. The summed E-state index contributed by atoms with van der Waals surface area (Å²) < 4.78 is 27.1. The number of Topliss-reactive ketones (excluding diaryl/α,β-unsaturated/α-hetero) is 1. The van der Waals surface area contributed by atoms with Crippen LogP contribution in [0.3, 0.4) is 0 Å². The van der Waals surface area contributed by atoms with Crippen molar-refractivity contribution in [1.82, 2.24) is 4.31 Å². The molecule has 0 N–H and O–H groups in total. The van der Waals surface area contributed by atoms with Gasteiger partial charge in [0.2, 0.25) is 0 Å². The number of hydrogen-bond donors (Lipinski definition) is 0. The number of carbonyl (C=O) groups is 1. The molecule has 7 heteroatoms. The van der Waals surface area contributed by atoms with Gasteiger partial charge in [-0.15, -0.1) is 11.3 Å². The molecule has 17 heavy (non-hydrogen) atoms. The predicted octanol–water partition coefficient (Wildman–Crippen LogP) is 2.25. The monoisotopic (exact) mass is 337 g/mol. The molecule has 2 heterocycles. The zero-order chi connectivity index (χ0) is 12.8. The topological polar surface area (TPSA) is 54.5 Å². The van der Waals surface area contributed by atoms with Gasteiger partial charge in [-0.05, 0) is 41.9 Å². The smallest absolute Gasteiger partial charge is 0.253 e. The number of ketones is 1. The van der Waals surface area contributed by atoms with Crippen LogP contribution in [0.25, 0.3) is 0 Å². The number of carbonyl (C=O) groups excluding carboxylic acids is 1. The molecule has 1 fully saturated rings. The van der Waals surface area contributed by atoms with E-state index in [0.717, 1.165) is 15.1 Å². The van der Waals surface area contributed by atoms with Gasteiger partial charge in [-0.1, -0.05) is 0 Å². The van der Waals surface area contributed by atoms with Crippen molar-refractivity contribution in [3.63, 3.8) is 0 Å². The van der Waals surface area contributed by atoms with E-state index < -0.39 is 15.6 Å². The molecule has 0 radical (unpaired) electrons. The van der Waals surface area contributed by atoms with E-state index in [9.17, 15) is 13.2 Å². The van der Waals surface area contributed by atoms with Crippen LogP contribution < -0.4 is 0 Å². The van der Waals surface area contributed by atoms with Crippen molar-refractivity contribution in [3.8, 4) is 0 Å². The van der Waals surface area contributed by atoms with Crippen LogP contribution in [0.15, 0.2) is 20.1 Å². The normalized spacial score (nSPS) is 21.0. The molecule has 1 aliphatic rings. The number of rotatable bonds is 2. The van der Waals surface area contributed by atoms with Crippen LogP contribution >= 0.6 is 27.3 Å². The van der Waals surface area contributed by atoms with Crippen molar-refractivity contribution in [3.05, 3.63) is 15.9 Å². The maximum Gasteiger partial charge on any atom is 0.253 e. The summed E-state index contributed by atoms with van der Waals surface area (Å²) in [4.78, 5) is 11.4. The highest BCUT2D eigenvalue weighted by atomic mass is 79.9. The van der Waals surface area contributed by atoms with Gasteiger partial charge >= 0.3 is 0 Å². The highest BCUT2D eigenvalue weighted by Crippen LogP contribution is 2.35. The maximum absolute atomic E-state index is 12.4. The summed E-state index contributed by atoms with van der Waals surface area (Å²) in [6.07, 6.45) is 0.277. The van der Waals surface area contributed by atoms with Gasteiger partial charge in [0.25, 0.3) is 10.0 Å². The molecule has 94 valence electrons. The SMILES string of the molecule is CC1(C)CC(=O)CN1S(=O)(=O)c1ccc(Br)s1. The maximum atomic E-state index is 12.4. The molecule has 1 aromatic heterocycles. The fourth-order valence-corrected chi connectivity index (χ4v) is 5.84. The van der Waals surface area contributed by atoms with E-state index in [1.165, 1.54) is 4.31 Å². The molecule has 1 aromatic rings. The van der Waals surface area contributed by atoms with Gasteiger partial charge in [0, 0.05) is 12.0 Å². The molecule has 0 aromatic carbocycles. The van der Waals surface area contributed by atoms with E-state index in [-0.39, 0.29) is 23.0 Å². The lowest BCUT2D eigenvalue weighted by Crippen LogP contribution is -2.42. The van der Waals surface area contributed by atoms with E-state index in [1.807, 2.05) is 0 Å². The van der Waals surface area contributed by atoms with Gasteiger partial charge in [0.05, 0.1) is 10.3 Å². The molecule has 0 saturated carbocycles. The van der Waals surface area contributed by atoms with E-state index in [2.05, 4.69) is 15.9 Å². The van der Waals surface area contributed by atoms with Crippen molar-refractivity contribution in [2.45, 2.75) is 30.0 Å². The minimum absolute atomic E-state index is 0.0230. The third-order valence-corrected chi connectivity index (χ3v) is 6.87. The minimum atomic E-state index is -3.56. The number of halogens is 1. The lowest BCUT2D eigenvalue weighted by molar-refractivity contribution is -0.116. The van der Waals surface area contributed by atoms with E-state index in [4.69, 9.17) is 0 Å². The first-order chi connectivity index (χ1) is 7.73. The van der Waals surface area contributed by atoms with Crippen molar-refractivity contribution >= 4 is 43.1 Å². The van der Waals surface area contributed by atoms with Gasteiger partial charge in [0.15, 0.2) is 0 Å². The van der Waals surface area contributed by atoms with Crippen LogP contribution in [-0.2, 0) is 14.8 Å². The predicted molar refractivity (Wildman–Crippen MR) is 69.6 cm³/mol. The highest BCUT2D eigenvalue weighted by Gasteiger charge is 2.45. The molecule has 0 aliphatic carbocycles. The zero-order valence-corrected chi connectivity index (χ0v) is 12.7. The van der Waals surface area contributed by atoms with Crippen LogP contribution in [0, 0.1) is 0 Å². The summed E-state index contributed by atoms with van der Waals surface area (Å²) in [5.74, 6) is -0.0332. The quantitative estimate of drug-likeness (QED) is 0.831. The number of sulfonamides is 1. The molecule has 0 unspecified atom stereocenters. The first-order valence-electron chi connectivity index (χ1n) is 5.03. The Balaban J connectivity index is 2.43. The van der Waals surface area contributed by atoms with Crippen LogP contribution in [0.4, 0.5) is 0 Å². The summed E-state index contributed by atoms with van der Waals surface area (Å²) in [5.41, 5.74) is -0.633. The van der Waals surface area contributed by atoms with Gasteiger partial charge in [0.1, 0.15) is 9.99 Å². The highest BCUT2D eigenvalue weighted by molar-refractivity contribution is 9.11. The molecule has 1 aliphatic heterocycles. The third kappa shape index (κ3) is 2.33. The lowest BCUT2D eigenvalue weighted by Gasteiger charge is -2.28. The average molecular weight is 338 g/mol. The number of hydrogen-bond acceptors (Lipinski definition) is 4. The molecule has 1 saturated heterocycles. The molecule has 0 atom stereocenters. The Kier molecular flexibility index (Phi) is 3.22. The summed E-state index contributed by atoms with van der Waals surface area (Å²) in [6, 6.07) is 3.26. The summed E-state index contributed by atoms with van der Waals surface area (Å²) in [5, 5.41) is 0. The third-order valence-electron chi connectivity index (χ3n) is 2.72. The average Bonchev–Trinajstić information content (AvgIpc) is 2.70. The van der Waals surface area contributed by atoms with E-state index >= 15 is 0 Å². The Morgan fingerprint density at radius 1 is 1.41 bits per heavy atom. The molecular formula is C10H12BrNO3S2. The van der Waals surface area contributed by atoms with Gasteiger partial charge in [-0.25, -0.2) is 8.42 Å². The minimum Gasteiger partial charge on any atom is -0.298 e. The first-order valence-corrected chi connectivity index (χ1v) is 8.08. The first kappa shape index (κ1) is 13.2. The molecule has 4 nitrogen and oxygen atoms in total. The van der Waals surface area contributed by atoms with Gasteiger partial charge in [-0.3, -0.25) is 4.79 Å². The van der Waals surface area contributed by atoms with E-state index in [0.29, 0.717) is 0 Å². The number of nitrogens with zero attached hydrogens (tertiary/aromatic N) is 1. The summed E-state index contributed by atoms with van der Waals surface area (Å²) >= 11 is 4.40. The Bertz CT molecular complexity index is 562. The van der Waals surface area contributed by atoms with Crippen molar-refractivity contribution in [2.24, 2.45) is 0 Å². The van der Waals surface area contributed by atoms with Gasteiger partial charge < -0.3 is 0 Å². The van der Waals surface area contributed by atoms with Crippen molar-refractivity contribution in [2.75, 3.05) is 6.54 Å². The standard InChI is InChI=1S/C10H12BrNO3S2/c1-10(2)5-7(13)6-12(10)17(14,15)9-4-3-8(11)16-9/h3-4H,5-6H2,1-2H3. The van der Waals surface area contributed by atoms with Gasteiger partial charge in [-0.2, -0.15) is 4.31 Å². The van der Waals surface area contributed by atoms with Crippen LogP contribution in [-0.4, -0.2) is 30.6 Å². The van der Waals surface area contributed by atoms with Crippen molar-refractivity contribution < 1.29 is 13.2 Å². The molecule has 0 amide bonds. The second-order valence-electron chi connectivity index (χ2n) is 4.60. The second-order valence-corrected chi connectivity index (χ2v) is 9.15. The molecule has 0 spiro atoms. The largest absolute Gasteiger partial charge is 0.298 e. The summed E-state index contributed by atoms with van der Waals surface area (Å²) in [7, 11) is -3.56. The fraction of sp³-hybridized carbons (Fsp3) is 0.500. The summed E-state index contributed by atoms with van der Waals surface area (Å²) in [6.45, 7) is 3.53. The fourth-order valence-electron chi connectivity index (χ4n) is 1.96. The Labute approximate surface area is 113 Å². The lowest BCUT2D eigenvalue weighted by atomic mass is 10.0. The van der Waals surface area contributed by atoms with Crippen LogP contribution in [0.2, 0.25) is 0 Å². The Hall–Kier alpha value is -0.240. The zero-order valence-electron chi connectivity index (χ0n) is 9.44. The molecule has 2 rings (SSSR count). The Morgan fingerprint density at radius 2 is 2.06 bits per heavy atom. The van der Waals surface area contributed by atoms with Crippen molar-refractivity contribution in [1.29, 1.82) is 0 Å².